The van der Waals surface area contributed by atoms with Gasteiger partial charge in [-0.05, 0) is 35.1 Å². The Morgan fingerprint density at radius 2 is 1.71 bits per heavy atom. The second-order valence-electron chi connectivity index (χ2n) is 6.69. The van der Waals surface area contributed by atoms with Crippen LogP contribution in [0.3, 0.4) is 0 Å². The Morgan fingerprint density at radius 1 is 1.05 bits per heavy atom. The minimum atomic E-state index is 0.165. The maximum atomic E-state index is 3.72. The molecular formula is C19H24BrN. The normalized spacial score (nSPS) is 13.2. The van der Waals surface area contributed by atoms with Crippen molar-refractivity contribution in [2.45, 2.75) is 40.3 Å². The zero-order chi connectivity index (χ0) is 15.5. The average molecular weight is 346 g/mol. The van der Waals surface area contributed by atoms with E-state index in [-0.39, 0.29) is 5.41 Å². The zero-order valence-corrected chi connectivity index (χ0v) is 14.9. The molecule has 1 unspecified atom stereocenters. The number of nitrogens with one attached hydrogen (secondary N) is 1. The lowest BCUT2D eigenvalue weighted by Crippen LogP contribution is -2.32. The van der Waals surface area contributed by atoms with E-state index in [1.807, 2.05) is 0 Å². The van der Waals surface area contributed by atoms with Gasteiger partial charge in [-0.1, -0.05) is 79.2 Å². The van der Waals surface area contributed by atoms with Crippen LogP contribution in [-0.2, 0) is 6.54 Å². The molecule has 1 N–H and O–H groups in total. The van der Waals surface area contributed by atoms with Gasteiger partial charge in [-0.15, -0.1) is 0 Å². The molecule has 21 heavy (non-hydrogen) atoms. The molecule has 0 aliphatic carbocycles. The molecule has 0 aliphatic rings. The Labute approximate surface area is 136 Å². The van der Waals surface area contributed by atoms with Crippen LogP contribution in [0.1, 0.15) is 43.5 Å². The van der Waals surface area contributed by atoms with Gasteiger partial charge in [-0.2, -0.15) is 0 Å². The molecule has 0 heterocycles. The summed E-state index contributed by atoms with van der Waals surface area (Å²) in [7, 11) is 0. The molecule has 0 radical (unpaired) electrons. The van der Waals surface area contributed by atoms with Gasteiger partial charge in [0, 0.05) is 17.1 Å². The Balaban J connectivity index is 2.17. The van der Waals surface area contributed by atoms with E-state index in [4.69, 9.17) is 0 Å². The number of halogens is 1. The Morgan fingerprint density at radius 3 is 2.29 bits per heavy atom. The van der Waals surface area contributed by atoms with E-state index in [2.05, 4.69) is 97.5 Å². The molecule has 0 aliphatic heterocycles. The number of benzene rings is 2. The number of aryl methyl sites for hydroxylation is 1. The van der Waals surface area contributed by atoms with Crippen LogP contribution in [0.25, 0.3) is 0 Å². The van der Waals surface area contributed by atoms with Crippen molar-refractivity contribution in [1.82, 2.24) is 5.32 Å². The highest BCUT2D eigenvalue weighted by molar-refractivity contribution is 9.10. The van der Waals surface area contributed by atoms with Gasteiger partial charge in [0.25, 0.3) is 0 Å². The monoisotopic (exact) mass is 345 g/mol. The van der Waals surface area contributed by atoms with Crippen molar-refractivity contribution in [3.8, 4) is 0 Å². The van der Waals surface area contributed by atoms with Gasteiger partial charge in [0.15, 0.2) is 0 Å². The minimum Gasteiger partial charge on any atom is -0.305 e. The first-order chi connectivity index (χ1) is 9.88. The SMILES string of the molecule is Cc1ccc(CNC(c2ccccc2)C(C)(C)C)c(Br)c1. The van der Waals surface area contributed by atoms with Crippen molar-refractivity contribution in [1.29, 1.82) is 0 Å². The van der Waals surface area contributed by atoms with Crippen LogP contribution in [0.15, 0.2) is 53.0 Å². The Bertz CT molecular complexity index is 584. The van der Waals surface area contributed by atoms with Crippen LogP contribution >= 0.6 is 15.9 Å². The maximum Gasteiger partial charge on any atom is 0.0372 e. The van der Waals surface area contributed by atoms with Crippen molar-refractivity contribution in [2.75, 3.05) is 0 Å². The molecule has 0 saturated carbocycles. The molecule has 0 bridgehead atoms. The molecule has 1 atom stereocenters. The number of hydrogen-bond acceptors (Lipinski definition) is 1. The van der Waals surface area contributed by atoms with E-state index in [0.717, 1.165) is 6.54 Å². The fraction of sp³-hybridized carbons (Fsp3) is 0.368. The first-order valence-corrected chi connectivity index (χ1v) is 8.20. The summed E-state index contributed by atoms with van der Waals surface area (Å²) < 4.78 is 1.18. The second kappa shape index (κ2) is 6.76. The predicted octanol–water partition coefficient (Wildman–Crippen LogP) is 5.63. The summed E-state index contributed by atoms with van der Waals surface area (Å²) in [6, 6.07) is 17.5. The van der Waals surface area contributed by atoms with E-state index in [1.165, 1.54) is 21.2 Å². The van der Waals surface area contributed by atoms with Crippen LogP contribution in [0.2, 0.25) is 0 Å². The third-order valence-corrected chi connectivity index (χ3v) is 4.44. The Kier molecular flexibility index (Phi) is 5.23. The highest BCUT2D eigenvalue weighted by atomic mass is 79.9. The molecule has 112 valence electrons. The second-order valence-corrected chi connectivity index (χ2v) is 7.54. The first kappa shape index (κ1) is 16.3. The minimum absolute atomic E-state index is 0.165. The summed E-state index contributed by atoms with van der Waals surface area (Å²) in [6.07, 6.45) is 0. The van der Waals surface area contributed by atoms with Crippen molar-refractivity contribution >= 4 is 15.9 Å². The van der Waals surface area contributed by atoms with E-state index >= 15 is 0 Å². The van der Waals surface area contributed by atoms with Gasteiger partial charge >= 0.3 is 0 Å². The summed E-state index contributed by atoms with van der Waals surface area (Å²) >= 11 is 3.66. The average Bonchev–Trinajstić information content (AvgIpc) is 2.41. The lowest BCUT2D eigenvalue weighted by molar-refractivity contribution is 0.271. The van der Waals surface area contributed by atoms with Crippen molar-refractivity contribution in [3.05, 3.63) is 69.7 Å². The quantitative estimate of drug-likeness (QED) is 0.756. The fourth-order valence-electron chi connectivity index (χ4n) is 2.58. The molecule has 0 saturated heterocycles. The summed E-state index contributed by atoms with van der Waals surface area (Å²) in [4.78, 5) is 0. The molecular weight excluding hydrogens is 322 g/mol. The third-order valence-electron chi connectivity index (χ3n) is 3.70. The molecule has 2 aromatic rings. The summed E-state index contributed by atoms with van der Waals surface area (Å²) in [6.45, 7) is 9.81. The van der Waals surface area contributed by atoms with Crippen LogP contribution in [0.4, 0.5) is 0 Å². The molecule has 0 spiro atoms. The van der Waals surface area contributed by atoms with Crippen LogP contribution < -0.4 is 5.32 Å². The van der Waals surface area contributed by atoms with E-state index in [9.17, 15) is 0 Å². The van der Waals surface area contributed by atoms with Gasteiger partial charge in [-0.25, -0.2) is 0 Å². The van der Waals surface area contributed by atoms with Crippen LogP contribution in [0, 0.1) is 12.3 Å². The molecule has 0 aromatic heterocycles. The van der Waals surface area contributed by atoms with E-state index < -0.39 is 0 Å². The Hall–Kier alpha value is -1.12. The van der Waals surface area contributed by atoms with Gasteiger partial charge in [0.1, 0.15) is 0 Å². The zero-order valence-electron chi connectivity index (χ0n) is 13.3. The van der Waals surface area contributed by atoms with Gasteiger partial charge in [-0.3, -0.25) is 0 Å². The van der Waals surface area contributed by atoms with Crippen LogP contribution in [0.5, 0.6) is 0 Å². The summed E-state index contributed by atoms with van der Waals surface area (Å²) in [5.41, 5.74) is 4.08. The standard InChI is InChI=1S/C19H24BrN/c1-14-10-11-16(17(20)12-14)13-21-18(19(2,3)4)15-8-6-5-7-9-15/h5-12,18,21H,13H2,1-4H3. The van der Waals surface area contributed by atoms with Gasteiger partial charge in [0.2, 0.25) is 0 Å². The highest BCUT2D eigenvalue weighted by Crippen LogP contribution is 2.33. The largest absolute Gasteiger partial charge is 0.305 e. The molecule has 2 aromatic carbocycles. The molecule has 1 nitrogen and oxygen atoms in total. The lowest BCUT2D eigenvalue weighted by Gasteiger charge is -2.32. The van der Waals surface area contributed by atoms with Gasteiger partial charge in [0.05, 0.1) is 0 Å². The smallest absolute Gasteiger partial charge is 0.0372 e. The summed E-state index contributed by atoms with van der Waals surface area (Å²) in [5, 5.41) is 3.72. The topological polar surface area (TPSA) is 12.0 Å². The molecule has 2 heteroatoms. The number of rotatable bonds is 4. The summed E-state index contributed by atoms with van der Waals surface area (Å²) in [5.74, 6) is 0. The highest BCUT2D eigenvalue weighted by Gasteiger charge is 2.25. The fourth-order valence-corrected chi connectivity index (χ4v) is 3.21. The van der Waals surface area contributed by atoms with Crippen molar-refractivity contribution < 1.29 is 0 Å². The van der Waals surface area contributed by atoms with Crippen LogP contribution in [-0.4, -0.2) is 0 Å². The predicted molar refractivity (Wildman–Crippen MR) is 94.4 cm³/mol. The molecule has 2 rings (SSSR count). The number of hydrogen-bond donors (Lipinski definition) is 1. The maximum absolute atomic E-state index is 3.72. The van der Waals surface area contributed by atoms with Crippen molar-refractivity contribution in [3.63, 3.8) is 0 Å². The molecule has 0 fully saturated rings. The first-order valence-electron chi connectivity index (χ1n) is 7.41. The lowest BCUT2D eigenvalue weighted by atomic mass is 9.82. The third kappa shape index (κ3) is 4.42. The van der Waals surface area contributed by atoms with E-state index in [0.29, 0.717) is 6.04 Å². The molecule has 0 amide bonds. The van der Waals surface area contributed by atoms with Crippen molar-refractivity contribution in [2.24, 2.45) is 5.41 Å². The van der Waals surface area contributed by atoms with E-state index in [1.54, 1.807) is 0 Å². The van der Waals surface area contributed by atoms with Gasteiger partial charge < -0.3 is 5.32 Å².